The lowest BCUT2D eigenvalue weighted by Gasteiger charge is -2.16. The molecule has 206 valence electrons. The van der Waals surface area contributed by atoms with Gasteiger partial charge in [-0.3, -0.25) is 0 Å². The molecule has 1 saturated carbocycles. The van der Waals surface area contributed by atoms with Crippen LogP contribution in [-0.2, 0) is 25.7 Å². The normalized spacial score (nSPS) is 15.2. The van der Waals surface area contributed by atoms with E-state index in [1.54, 1.807) is 37.7 Å². The third-order valence-corrected chi connectivity index (χ3v) is 9.11. The van der Waals surface area contributed by atoms with Crippen molar-refractivity contribution >= 4 is 27.3 Å². The number of halogens is 1. The van der Waals surface area contributed by atoms with Crippen LogP contribution >= 0.6 is 15.9 Å². The second-order valence-corrected chi connectivity index (χ2v) is 11.7. The van der Waals surface area contributed by atoms with Gasteiger partial charge in [0.1, 0.15) is 0 Å². The van der Waals surface area contributed by atoms with Gasteiger partial charge in [0, 0.05) is 51.5 Å². The van der Waals surface area contributed by atoms with Crippen LogP contribution < -0.4 is 20.9 Å². The molecule has 0 unspecified atom stereocenters. The van der Waals surface area contributed by atoms with Gasteiger partial charge in [-0.05, 0) is 120 Å². The average Bonchev–Trinajstić information content (AvgIpc) is 3.48. The first kappa shape index (κ1) is 26.6. The molecule has 0 radical (unpaired) electrons. The molecule has 1 fully saturated rings. The van der Waals surface area contributed by atoms with Gasteiger partial charge in [-0.1, -0.05) is 15.9 Å². The lowest BCUT2D eigenvalue weighted by molar-refractivity contribution is 0.398. The van der Waals surface area contributed by atoms with Crippen molar-refractivity contribution < 1.29 is 9.47 Å². The predicted octanol–water partition coefficient (Wildman–Crippen LogP) is 7.30. The zero-order chi connectivity index (χ0) is 27.8. The van der Waals surface area contributed by atoms with E-state index >= 15 is 0 Å². The Morgan fingerprint density at radius 2 is 1.20 bits per heavy atom. The molecule has 0 bridgehead atoms. The van der Waals surface area contributed by atoms with Crippen molar-refractivity contribution in [3.63, 3.8) is 0 Å². The van der Waals surface area contributed by atoms with Crippen molar-refractivity contribution in [1.82, 2.24) is 9.97 Å². The summed E-state index contributed by atoms with van der Waals surface area (Å²) in [4.78, 5) is 8.33. The summed E-state index contributed by atoms with van der Waals surface area (Å²) >= 11 is 3.66. The van der Waals surface area contributed by atoms with Crippen molar-refractivity contribution in [2.24, 2.45) is 0 Å². The van der Waals surface area contributed by atoms with E-state index < -0.39 is 0 Å². The van der Waals surface area contributed by atoms with E-state index in [0.29, 0.717) is 11.8 Å². The van der Waals surface area contributed by atoms with E-state index in [2.05, 4.69) is 38.0 Å². The molecule has 7 heteroatoms. The third-order valence-electron chi connectivity index (χ3n) is 8.40. The highest BCUT2D eigenvalue weighted by Crippen LogP contribution is 2.48. The van der Waals surface area contributed by atoms with E-state index in [4.69, 9.17) is 20.9 Å². The minimum absolute atomic E-state index is 0.605. The highest BCUT2D eigenvalue weighted by Gasteiger charge is 2.31. The van der Waals surface area contributed by atoms with Crippen molar-refractivity contribution in [1.29, 1.82) is 0 Å². The molecule has 2 heterocycles. The quantitative estimate of drug-likeness (QED) is 0.234. The maximum atomic E-state index is 6.49. The molecular weight excluding hydrogens is 564 g/mol. The number of rotatable bonds is 5. The van der Waals surface area contributed by atoms with E-state index in [0.717, 1.165) is 63.3 Å². The molecule has 0 atom stereocenters. The second-order valence-electron chi connectivity index (χ2n) is 10.8. The summed E-state index contributed by atoms with van der Waals surface area (Å²) in [5, 5.41) is 0. The number of methoxy groups -OCH3 is 2. The van der Waals surface area contributed by atoms with Gasteiger partial charge in [0.05, 0.1) is 14.2 Å². The van der Waals surface area contributed by atoms with Crippen molar-refractivity contribution in [2.45, 2.75) is 57.3 Å². The number of nitrogens with zero attached hydrogens (tertiary/aromatic N) is 2. The first-order valence-corrected chi connectivity index (χ1v) is 14.8. The first-order chi connectivity index (χ1) is 19.5. The van der Waals surface area contributed by atoms with Crippen LogP contribution in [0, 0.1) is 0 Å². The smallest absolute Gasteiger partial charge is 0.213 e. The molecule has 40 heavy (non-hydrogen) atoms. The Hall–Kier alpha value is -3.58. The molecule has 3 aliphatic carbocycles. The highest BCUT2D eigenvalue weighted by molar-refractivity contribution is 9.10. The monoisotopic (exact) mass is 598 g/mol. The summed E-state index contributed by atoms with van der Waals surface area (Å²) in [6.45, 7) is 0. The van der Waals surface area contributed by atoms with Crippen LogP contribution in [0.4, 0.5) is 11.4 Å². The zero-order valence-corrected chi connectivity index (χ0v) is 24.7. The largest absolute Gasteiger partial charge is 0.481 e. The summed E-state index contributed by atoms with van der Waals surface area (Å²) in [5.41, 5.74) is 26.2. The molecule has 6 nitrogen and oxygen atoms in total. The van der Waals surface area contributed by atoms with Gasteiger partial charge in [0.2, 0.25) is 11.8 Å². The van der Waals surface area contributed by atoms with Crippen molar-refractivity contribution in [3.8, 4) is 34.0 Å². The molecule has 4 aromatic rings. The fraction of sp³-hybridized carbons (Fsp3) is 0.333. The fourth-order valence-electron chi connectivity index (χ4n) is 6.21. The summed E-state index contributed by atoms with van der Waals surface area (Å²) in [6, 6.07) is 12.3. The highest BCUT2D eigenvalue weighted by atomic mass is 79.9. The van der Waals surface area contributed by atoms with E-state index in [-0.39, 0.29) is 0 Å². The van der Waals surface area contributed by atoms with E-state index in [1.165, 1.54) is 48.8 Å². The number of nitrogens with two attached hydrogens (primary N) is 2. The van der Waals surface area contributed by atoms with Crippen LogP contribution in [0.5, 0.6) is 11.8 Å². The minimum atomic E-state index is 0.605. The summed E-state index contributed by atoms with van der Waals surface area (Å²) in [6.07, 6.45) is 13.1. The predicted molar refractivity (Wildman–Crippen MR) is 165 cm³/mol. The summed E-state index contributed by atoms with van der Waals surface area (Å²) < 4.78 is 11.6. The Balaban J connectivity index is 0.000000145. The van der Waals surface area contributed by atoms with Gasteiger partial charge in [-0.2, -0.15) is 0 Å². The third kappa shape index (κ3) is 5.03. The maximum Gasteiger partial charge on any atom is 0.213 e. The van der Waals surface area contributed by atoms with Crippen molar-refractivity contribution in [2.75, 3.05) is 25.7 Å². The van der Waals surface area contributed by atoms with Crippen LogP contribution in [0.25, 0.3) is 22.3 Å². The Morgan fingerprint density at radius 3 is 1.75 bits per heavy atom. The lowest BCUT2D eigenvalue weighted by atomic mass is 9.92. The number of hydrogen-bond donors (Lipinski definition) is 2. The van der Waals surface area contributed by atoms with E-state index in [1.807, 2.05) is 24.3 Å². The van der Waals surface area contributed by atoms with Gasteiger partial charge in [-0.25, -0.2) is 9.97 Å². The van der Waals surface area contributed by atoms with Gasteiger partial charge < -0.3 is 20.9 Å². The fourth-order valence-corrected chi connectivity index (χ4v) is 6.88. The number of ether oxygens (including phenoxy) is 2. The molecule has 2 aromatic heterocycles. The Bertz CT molecular complexity index is 1580. The van der Waals surface area contributed by atoms with Crippen LogP contribution in [0.3, 0.4) is 0 Å². The SMILES string of the molecule is COc1cc(-c2cc(Br)c3c(c2N)CCC3)ccn1.COc1cc(-c2cc(C3CC3)c3c(c2N)CCC3)ccn1. The molecular formula is C33H35BrN4O2. The molecule has 7 rings (SSSR count). The standard InChI is InChI=1S/C18H20N2O.C15H15BrN2O/c1-21-17-9-12(7-8-20-17)16-10-15(11-5-6-11)13-3-2-4-14(13)18(16)19;1-19-14-7-9(5-6-18-14)12-8-13(16)10-3-2-4-11(10)15(12)17/h7-11H,2-6,19H2,1H3;5-8H,2-4,17H2,1H3. The summed E-state index contributed by atoms with van der Waals surface area (Å²) in [7, 11) is 3.27. The molecule has 0 spiro atoms. The summed E-state index contributed by atoms with van der Waals surface area (Å²) in [5.74, 6) is 2.01. The zero-order valence-electron chi connectivity index (χ0n) is 23.1. The lowest BCUT2D eigenvalue weighted by Crippen LogP contribution is -2.01. The van der Waals surface area contributed by atoms with Crippen LogP contribution in [0.2, 0.25) is 0 Å². The number of anilines is 2. The Kier molecular flexibility index (Phi) is 7.41. The van der Waals surface area contributed by atoms with Crippen LogP contribution in [0.15, 0.2) is 53.3 Å². The number of nitrogen functional groups attached to an aromatic ring is 2. The molecule has 0 saturated heterocycles. The van der Waals surface area contributed by atoms with Gasteiger partial charge in [0.25, 0.3) is 0 Å². The second kappa shape index (κ2) is 11.1. The number of benzene rings is 2. The number of aromatic nitrogens is 2. The number of hydrogen-bond acceptors (Lipinski definition) is 6. The topological polar surface area (TPSA) is 96.3 Å². The van der Waals surface area contributed by atoms with Gasteiger partial charge in [0.15, 0.2) is 0 Å². The Labute approximate surface area is 244 Å². The Morgan fingerprint density at radius 1 is 0.700 bits per heavy atom. The van der Waals surface area contributed by atoms with Gasteiger partial charge >= 0.3 is 0 Å². The van der Waals surface area contributed by atoms with E-state index in [9.17, 15) is 0 Å². The van der Waals surface area contributed by atoms with Crippen LogP contribution in [0.1, 0.15) is 59.4 Å². The van der Waals surface area contributed by atoms with Crippen molar-refractivity contribution in [3.05, 3.63) is 81.1 Å². The first-order valence-electron chi connectivity index (χ1n) is 14.0. The number of fused-ring (bicyclic) bond motifs is 2. The van der Waals surface area contributed by atoms with Gasteiger partial charge in [-0.15, -0.1) is 0 Å². The molecule has 0 amide bonds. The molecule has 4 N–H and O–H groups in total. The number of pyridine rings is 2. The molecule has 2 aromatic carbocycles. The molecule has 0 aliphatic heterocycles. The maximum absolute atomic E-state index is 6.49. The van der Waals surface area contributed by atoms with Crippen LogP contribution in [-0.4, -0.2) is 24.2 Å². The average molecular weight is 600 g/mol. The molecule has 3 aliphatic rings. The minimum Gasteiger partial charge on any atom is -0.481 e.